The Morgan fingerprint density at radius 1 is 1.23 bits per heavy atom. The minimum absolute atomic E-state index is 0.0175. The fraction of sp³-hybridized carbons (Fsp3) is 0.800. The first kappa shape index (κ1) is 12.1. The Labute approximate surface area is 80.1 Å². The quantitative estimate of drug-likeness (QED) is 0.652. The van der Waals surface area contributed by atoms with E-state index in [1.54, 1.807) is 11.8 Å². The molecule has 0 spiro atoms. The molecule has 0 saturated carbocycles. The standard InChI is InChI=1S/C10H19NO2/c1-5-7-10(8(3)12)11(6-2)9(4)13/h10H,5-7H2,1-4H3. The van der Waals surface area contributed by atoms with Gasteiger partial charge in [0.2, 0.25) is 5.91 Å². The third-order valence-electron chi connectivity index (χ3n) is 2.15. The molecule has 0 aliphatic rings. The van der Waals surface area contributed by atoms with Gasteiger partial charge < -0.3 is 4.90 Å². The van der Waals surface area contributed by atoms with Crippen molar-refractivity contribution in [2.24, 2.45) is 0 Å². The molecule has 0 radical (unpaired) electrons. The average molecular weight is 185 g/mol. The van der Waals surface area contributed by atoms with E-state index in [-0.39, 0.29) is 17.7 Å². The molecule has 1 amide bonds. The van der Waals surface area contributed by atoms with Crippen LogP contribution in [-0.4, -0.2) is 29.2 Å². The molecule has 1 unspecified atom stereocenters. The summed E-state index contributed by atoms with van der Waals surface area (Å²) in [7, 11) is 0. The molecule has 0 N–H and O–H groups in total. The number of hydrogen-bond acceptors (Lipinski definition) is 2. The third-order valence-corrected chi connectivity index (χ3v) is 2.15. The summed E-state index contributed by atoms with van der Waals surface area (Å²) in [4.78, 5) is 24.0. The van der Waals surface area contributed by atoms with Crippen LogP contribution in [0.2, 0.25) is 0 Å². The van der Waals surface area contributed by atoms with Gasteiger partial charge in [-0.1, -0.05) is 13.3 Å². The molecule has 0 bridgehead atoms. The predicted octanol–water partition coefficient (Wildman–Crippen LogP) is 1.61. The van der Waals surface area contributed by atoms with Gasteiger partial charge in [0, 0.05) is 13.5 Å². The van der Waals surface area contributed by atoms with E-state index in [1.165, 1.54) is 6.92 Å². The lowest BCUT2D eigenvalue weighted by atomic mass is 10.1. The molecule has 0 aromatic rings. The minimum Gasteiger partial charge on any atom is -0.333 e. The van der Waals surface area contributed by atoms with Crippen molar-refractivity contribution in [1.29, 1.82) is 0 Å². The second-order valence-electron chi connectivity index (χ2n) is 3.22. The van der Waals surface area contributed by atoms with Crippen molar-refractivity contribution in [3.63, 3.8) is 0 Å². The van der Waals surface area contributed by atoms with E-state index in [1.807, 2.05) is 13.8 Å². The van der Waals surface area contributed by atoms with Gasteiger partial charge in [-0.2, -0.15) is 0 Å². The fourth-order valence-corrected chi connectivity index (χ4v) is 1.51. The van der Waals surface area contributed by atoms with Crippen LogP contribution >= 0.6 is 0 Å². The van der Waals surface area contributed by atoms with Gasteiger partial charge in [-0.3, -0.25) is 9.59 Å². The van der Waals surface area contributed by atoms with E-state index < -0.39 is 0 Å². The van der Waals surface area contributed by atoms with Gasteiger partial charge >= 0.3 is 0 Å². The van der Waals surface area contributed by atoms with Crippen LogP contribution in [0.15, 0.2) is 0 Å². The summed E-state index contributed by atoms with van der Waals surface area (Å²) < 4.78 is 0. The number of Topliss-reactive ketones (excluding diaryl/α,β-unsaturated/α-hetero) is 1. The molecule has 0 aromatic heterocycles. The summed E-state index contributed by atoms with van der Waals surface area (Å²) >= 11 is 0. The molecule has 0 aliphatic carbocycles. The zero-order valence-electron chi connectivity index (χ0n) is 8.96. The van der Waals surface area contributed by atoms with E-state index in [4.69, 9.17) is 0 Å². The Balaban J connectivity index is 4.48. The molecule has 0 rings (SSSR count). The van der Waals surface area contributed by atoms with Crippen molar-refractivity contribution >= 4 is 11.7 Å². The first-order valence-corrected chi connectivity index (χ1v) is 4.82. The van der Waals surface area contributed by atoms with E-state index >= 15 is 0 Å². The minimum atomic E-state index is -0.215. The number of likely N-dealkylation sites (N-methyl/N-ethyl adjacent to an activating group) is 1. The molecule has 1 atom stereocenters. The fourth-order valence-electron chi connectivity index (χ4n) is 1.51. The maximum atomic E-state index is 11.2. The Bertz CT molecular complexity index is 189. The van der Waals surface area contributed by atoms with Crippen LogP contribution in [0.4, 0.5) is 0 Å². The Kier molecular flexibility index (Phi) is 5.35. The largest absolute Gasteiger partial charge is 0.333 e. The average Bonchev–Trinajstić information content (AvgIpc) is 2.03. The zero-order chi connectivity index (χ0) is 10.4. The predicted molar refractivity (Wildman–Crippen MR) is 52.4 cm³/mol. The summed E-state index contributed by atoms with van der Waals surface area (Å²) in [6.07, 6.45) is 1.69. The highest BCUT2D eigenvalue weighted by Gasteiger charge is 2.22. The molecular formula is C10H19NO2. The molecule has 0 aromatic carbocycles. The lowest BCUT2D eigenvalue weighted by Crippen LogP contribution is -2.42. The Morgan fingerprint density at radius 3 is 2.00 bits per heavy atom. The topological polar surface area (TPSA) is 37.4 Å². The second kappa shape index (κ2) is 5.73. The summed E-state index contributed by atoms with van der Waals surface area (Å²) in [5.41, 5.74) is 0. The Hall–Kier alpha value is -0.860. The van der Waals surface area contributed by atoms with Gasteiger partial charge in [-0.15, -0.1) is 0 Å². The molecule has 0 heterocycles. The van der Waals surface area contributed by atoms with E-state index in [9.17, 15) is 9.59 Å². The molecule has 0 aliphatic heterocycles. The second-order valence-corrected chi connectivity index (χ2v) is 3.22. The van der Waals surface area contributed by atoms with Crippen molar-refractivity contribution in [3.05, 3.63) is 0 Å². The van der Waals surface area contributed by atoms with Gasteiger partial charge in [0.25, 0.3) is 0 Å². The zero-order valence-corrected chi connectivity index (χ0v) is 8.96. The number of carbonyl (C=O) groups excluding carboxylic acids is 2. The number of nitrogens with zero attached hydrogens (tertiary/aromatic N) is 1. The number of hydrogen-bond donors (Lipinski definition) is 0. The highest BCUT2D eigenvalue weighted by molar-refractivity contribution is 5.86. The van der Waals surface area contributed by atoms with Gasteiger partial charge in [-0.05, 0) is 20.3 Å². The highest BCUT2D eigenvalue weighted by atomic mass is 16.2. The van der Waals surface area contributed by atoms with Crippen LogP contribution < -0.4 is 0 Å². The van der Waals surface area contributed by atoms with E-state index in [0.717, 1.165) is 12.8 Å². The van der Waals surface area contributed by atoms with Crippen molar-refractivity contribution in [2.45, 2.75) is 46.6 Å². The molecule has 3 heteroatoms. The normalized spacial score (nSPS) is 12.3. The van der Waals surface area contributed by atoms with Crippen molar-refractivity contribution in [3.8, 4) is 0 Å². The number of ketones is 1. The summed E-state index contributed by atoms with van der Waals surface area (Å²) in [6.45, 7) is 7.58. The third kappa shape index (κ3) is 3.57. The highest BCUT2D eigenvalue weighted by Crippen LogP contribution is 2.08. The maximum Gasteiger partial charge on any atom is 0.220 e. The van der Waals surface area contributed by atoms with Crippen LogP contribution in [0.3, 0.4) is 0 Å². The van der Waals surface area contributed by atoms with E-state index in [0.29, 0.717) is 6.54 Å². The van der Waals surface area contributed by atoms with Crippen molar-refractivity contribution in [2.75, 3.05) is 6.54 Å². The van der Waals surface area contributed by atoms with Crippen LogP contribution in [0.1, 0.15) is 40.5 Å². The van der Waals surface area contributed by atoms with Crippen LogP contribution in [-0.2, 0) is 9.59 Å². The Morgan fingerprint density at radius 2 is 1.77 bits per heavy atom. The molecule has 3 nitrogen and oxygen atoms in total. The number of amides is 1. The lowest BCUT2D eigenvalue weighted by Gasteiger charge is -2.27. The number of rotatable bonds is 5. The SMILES string of the molecule is CCCC(C(C)=O)N(CC)C(C)=O. The number of carbonyl (C=O) groups is 2. The summed E-state index contributed by atoms with van der Waals surface area (Å²) in [5.74, 6) is 0.0649. The van der Waals surface area contributed by atoms with Crippen molar-refractivity contribution < 1.29 is 9.59 Å². The van der Waals surface area contributed by atoms with Gasteiger partial charge in [0.05, 0.1) is 6.04 Å². The molecule has 0 saturated heterocycles. The van der Waals surface area contributed by atoms with Gasteiger partial charge in [-0.25, -0.2) is 0 Å². The molecule has 0 fully saturated rings. The first-order chi connectivity index (χ1) is 6.04. The monoisotopic (exact) mass is 185 g/mol. The maximum absolute atomic E-state index is 11.2. The summed E-state index contributed by atoms with van der Waals surface area (Å²) in [5, 5.41) is 0. The van der Waals surface area contributed by atoms with Crippen LogP contribution in [0.25, 0.3) is 0 Å². The van der Waals surface area contributed by atoms with Crippen LogP contribution in [0, 0.1) is 0 Å². The van der Waals surface area contributed by atoms with Crippen molar-refractivity contribution in [1.82, 2.24) is 4.90 Å². The summed E-state index contributed by atoms with van der Waals surface area (Å²) in [6, 6.07) is -0.215. The van der Waals surface area contributed by atoms with Crippen LogP contribution in [0.5, 0.6) is 0 Å². The lowest BCUT2D eigenvalue weighted by molar-refractivity contribution is -0.137. The van der Waals surface area contributed by atoms with Gasteiger partial charge in [0.1, 0.15) is 0 Å². The molecular weight excluding hydrogens is 166 g/mol. The van der Waals surface area contributed by atoms with E-state index in [2.05, 4.69) is 0 Å². The molecule has 13 heavy (non-hydrogen) atoms. The molecule has 76 valence electrons. The smallest absolute Gasteiger partial charge is 0.220 e. The first-order valence-electron chi connectivity index (χ1n) is 4.82. The van der Waals surface area contributed by atoms with Gasteiger partial charge in [0.15, 0.2) is 5.78 Å².